The maximum Gasteiger partial charge on any atom is 0.234 e. The summed E-state index contributed by atoms with van der Waals surface area (Å²) in [6.45, 7) is 3.29. The van der Waals surface area contributed by atoms with Crippen molar-refractivity contribution in [2.45, 2.75) is 51.2 Å². The molecule has 1 amide bonds. The molecule has 0 aliphatic heterocycles. The second kappa shape index (κ2) is 5.37. The van der Waals surface area contributed by atoms with Crippen molar-refractivity contribution in [1.29, 1.82) is 0 Å². The number of furan rings is 1. The van der Waals surface area contributed by atoms with Gasteiger partial charge in [0, 0.05) is 12.1 Å². The SMILES string of the molecule is CC(C1CC1)N(CC(=O)NCc1ccco1)C1CC1. The lowest BCUT2D eigenvalue weighted by Gasteiger charge is -2.28. The van der Waals surface area contributed by atoms with E-state index in [4.69, 9.17) is 4.42 Å². The number of carbonyl (C=O) groups is 1. The van der Waals surface area contributed by atoms with Gasteiger partial charge in [-0.3, -0.25) is 9.69 Å². The minimum absolute atomic E-state index is 0.107. The fraction of sp³-hybridized carbons (Fsp3) is 0.667. The number of rotatable bonds is 7. The summed E-state index contributed by atoms with van der Waals surface area (Å²) in [7, 11) is 0. The molecule has 0 bridgehead atoms. The van der Waals surface area contributed by atoms with Gasteiger partial charge < -0.3 is 9.73 Å². The summed E-state index contributed by atoms with van der Waals surface area (Å²) in [6.07, 6.45) is 6.80. The van der Waals surface area contributed by atoms with Crippen LogP contribution in [0.3, 0.4) is 0 Å². The monoisotopic (exact) mass is 262 g/mol. The first-order valence-corrected chi connectivity index (χ1v) is 7.29. The molecule has 1 heterocycles. The Morgan fingerprint density at radius 3 is 2.84 bits per heavy atom. The molecule has 0 saturated heterocycles. The third-order valence-corrected chi connectivity index (χ3v) is 4.21. The van der Waals surface area contributed by atoms with Gasteiger partial charge >= 0.3 is 0 Å². The predicted octanol–water partition coefficient (Wildman–Crippen LogP) is 2.16. The molecule has 2 fully saturated rings. The molecule has 1 atom stereocenters. The van der Waals surface area contributed by atoms with Crippen LogP contribution in [0.5, 0.6) is 0 Å². The zero-order valence-electron chi connectivity index (χ0n) is 11.5. The van der Waals surface area contributed by atoms with Crippen molar-refractivity contribution in [3.8, 4) is 0 Å². The number of hydrogen-bond donors (Lipinski definition) is 1. The molecule has 19 heavy (non-hydrogen) atoms. The third kappa shape index (κ3) is 3.38. The van der Waals surface area contributed by atoms with Crippen LogP contribution >= 0.6 is 0 Å². The number of amides is 1. The second-order valence-corrected chi connectivity index (χ2v) is 5.84. The summed E-state index contributed by atoms with van der Waals surface area (Å²) in [5, 5.41) is 2.94. The average Bonchev–Trinajstić information content (AvgIpc) is 3.32. The van der Waals surface area contributed by atoms with Crippen LogP contribution in [0.1, 0.15) is 38.4 Å². The Kier molecular flexibility index (Phi) is 3.60. The van der Waals surface area contributed by atoms with Crippen LogP contribution < -0.4 is 5.32 Å². The molecule has 0 radical (unpaired) electrons. The van der Waals surface area contributed by atoms with Crippen molar-refractivity contribution in [1.82, 2.24) is 10.2 Å². The largest absolute Gasteiger partial charge is 0.467 e. The molecule has 2 aliphatic carbocycles. The van der Waals surface area contributed by atoms with Crippen molar-refractivity contribution in [2.75, 3.05) is 6.54 Å². The Morgan fingerprint density at radius 1 is 1.47 bits per heavy atom. The third-order valence-electron chi connectivity index (χ3n) is 4.21. The molecule has 2 aliphatic rings. The van der Waals surface area contributed by atoms with Crippen LogP contribution in [0.15, 0.2) is 22.8 Å². The van der Waals surface area contributed by atoms with E-state index in [1.165, 1.54) is 25.7 Å². The molecular formula is C15H22N2O2. The molecule has 1 aromatic rings. The highest BCUT2D eigenvalue weighted by molar-refractivity contribution is 5.78. The van der Waals surface area contributed by atoms with Gasteiger partial charge in [0.2, 0.25) is 5.91 Å². The van der Waals surface area contributed by atoms with E-state index in [0.717, 1.165) is 11.7 Å². The summed E-state index contributed by atoms with van der Waals surface area (Å²) in [5.74, 6) is 1.73. The summed E-state index contributed by atoms with van der Waals surface area (Å²) < 4.78 is 5.22. The predicted molar refractivity (Wildman–Crippen MR) is 72.5 cm³/mol. The van der Waals surface area contributed by atoms with E-state index < -0.39 is 0 Å². The van der Waals surface area contributed by atoms with Crippen LogP contribution in [0.4, 0.5) is 0 Å². The van der Waals surface area contributed by atoms with Gasteiger partial charge in [0.15, 0.2) is 0 Å². The molecule has 2 saturated carbocycles. The topological polar surface area (TPSA) is 45.5 Å². The fourth-order valence-electron chi connectivity index (χ4n) is 2.68. The minimum Gasteiger partial charge on any atom is -0.467 e. The quantitative estimate of drug-likeness (QED) is 0.819. The van der Waals surface area contributed by atoms with Gasteiger partial charge in [-0.15, -0.1) is 0 Å². The van der Waals surface area contributed by atoms with Gasteiger partial charge in [0.25, 0.3) is 0 Å². The Hall–Kier alpha value is -1.29. The molecule has 1 unspecified atom stereocenters. The van der Waals surface area contributed by atoms with E-state index >= 15 is 0 Å². The van der Waals surface area contributed by atoms with E-state index in [1.807, 2.05) is 12.1 Å². The van der Waals surface area contributed by atoms with Crippen molar-refractivity contribution in [3.05, 3.63) is 24.2 Å². The molecule has 0 spiro atoms. The van der Waals surface area contributed by atoms with Crippen molar-refractivity contribution in [2.24, 2.45) is 5.92 Å². The lowest BCUT2D eigenvalue weighted by atomic mass is 10.1. The Morgan fingerprint density at radius 2 is 2.26 bits per heavy atom. The summed E-state index contributed by atoms with van der Waals surface area (Å²) in [4.78, 5) is 14.4. The maximum absolute atomic E-state index is 12.0. The van der Waals surface area contributed by atoms with E-state index in [-0.39, 0.29) is 5.91 Å². The number of nitrogens with zero attached hydrogens (tertiary/aromatic N) is 1. The van der Waals surface area contributed by atoms with Gasteiger partial charge in [0.05, 0.1) is 19.4 Å². The lowest BCUT2D eigenvalue weighted by molar-refractivity contribution is -0.123. The highest BCUT2D eigenvalue weighted by atomic mass is 16.3. The fourth-order valence-corrected chi connectivity index (χ4v) is 2.68. The summed E-state index contributed by atoms with van der Waals surface area (Å²) in [5.41, 5.74) is 0. The van der Waals surface area contributed by atoms with Crippen LogP contribution in [0.2, 0.25) is 0 Å². The van der Waals surface area contributed by atoms with Gasteiger partial charge in [-0.25, -0.2) is 0 Å². The first-order valence-electron chi connectivity index (χ1n) is 7.29. The normalized spacial score (nSPS) is 20.5. The lowest BCUT2D eigenvalue weighted by Crippen LogP contribution is -2.43. The number of hydrogen-bond acceptors (Lipinski definition) is 3. The van der Waals surface area contributed by atoms with Gasteiger partial charge in [-0.1, -0.05) is 0 Å². The van der Waals surface area contributed by atoms with Gasteiger partial charge in [-0.2, -0.15) is 0 Å². The Balaban J connectivity index is 1.48. The van der Waals surface area contributed by atoms with E-state index in [9.17, 15) is 4.79 Å². The molecule has 1 N–H and O–H groups in total. The van der Waals surface area contributed by atoms with Crippen molar-refractivity contribution in [3.63, 3.8) is 0 Å². The minimum atomic E-state index is 0.107. The summed E-state index contributed by atoms with van der Waals surface area (Å²) in [6, 6.07) is 4.92. The number of carbonyl (C=O) groups excluding carboxylic acids is 1. The van der Waals surface area contributed by atoms with Crippen LogP contribution in [0, 0.1) is 5.92 Å². The van der Waals surface area contributed by atoms with E-state index in [2.05, 4.69) is 17.1 Å². The first kappa shape index (κ1) is 12.7. The van der Waals surface area contributed by atoms with E-state index in [0.29, 0.717) is 25.2 Å². The molecular weight excluding hydrogens is 240 g/mol. The van der Waals surface area contributed by atoms with Crippen molar-refractivity contribution < 1.29 is 9.21 Å². The molecule has 3 rings (SSSR count). The highest BCUT2D eigenvalue weighted by Gasteiger charge is 2.39. The zero-order chi connectivity index (χ0) is 13.2. The van der Waals surface area contributed by atoms with Crippen LogP contribution in [-0.2, 0) is 11.3 Å². The summed E-state index contributed by atoms with van der Waals surface area (Å²) >= 11 is 0. The Bertz CT molecular complexity index is 421. The molecule has 0 aromatic carbocycles. The van der Waals surface area contributed by atoms with Gasteiger partial charge in [-0.05, 0) is 50.7 Å². The average molecular weight is 262 g/mol. The highest BCUT2D eigenvalue weighted by Crippen LogP contribution is 2.39. The second-order valence-electron chi connectivity index (χ2n) is 5.84. The van der Waals surface area contributed by atoms with Crippen LogP contribution in [-0.4, -0.2) is 29.4 Å². The Labute approximate surface area is 114 Å². The van der Waals surface area contributed by atoms with E-state index in [1.54, 1.807) is 6.26 Å². The van der Waals surface area contributed by atoms with Crippen molar-refractivity contribution >= 4 is 5.91 Å². The van der Waals surface area contributed by atoms with Gasteiger partial charge in [0.1, 0.15) is 5.76 Å². The van der Waals surface area contributed by atoms with Crippen LogP contribution in [0.25, 0.3) is 0 Å². The number of nitrogens with one attached hydrogen (secondary N) is 1. The zero-order valence-corrected chi connectivity index (χ0v) is 11.5. The maximum atomic E-state index is 12.0. The molecule has 104 valence electrons. The molecule has 4 nitrogen and oxygen atoms in total. The first-order chi connectivity index (χ1) is 9.24. The molecule has 4 heteroatoms. The standard InChI is InChI=1S/C15H22N2O2/c1-11(12-4-5-12)17(13-6-7-13)10-15(18)16-9-14-3-2-8-19-14/h2-3,8,11-13H,4-7,9-10H2,1H3,(H,16,18). The molecule has 1 aromatic heterocycles. The smallest absolute Gasteiger partial charge is 0.234 e.